The second-order valence-electron chi connectivity index (χ2n) is 5.60. The Morgan fingerprint density at radius 2 is 1.75 bits per heavy atom. The van der Waals surface area contributed by atoms with E-state index in [1.165, 1.54) is 0 Å². The monoisotopic (exact) mass is 278 g/mol. The minimum Gasteiger partial charge on any atom is -0.460 e. The van der Waals surface area contributed by atoms with E-state index in [0.29, 0.717) is 0 Å². The number of rotatable bonds is 5. The zero-order valence-electron chi connectivity index (χ0n) is 12.4. The highest BCUT2D eigenvalue weighted by molar-refractivity contribution is 5.92. The van der Waals surface area contributed by atoms with Gasteiger partial charge in [0.2, 0.25) is 5.91 Å². The molecule has 1 aromatic carbocycles. The number of nitrogens with one attached hydrogen (secondary N) is 2. The van der Waals surface area contributed by atoms with Crippen molar-refractivity contribution in [1.29, 1.82) is 0 Å². The first-order valence-electron chi connectivity index (χ1n) is 6.53. The van der Waals surface area contributed by atoms with Gasteiger partial charge < -0.3 is 15.4 Å². The van der Waals surface area contributed by atoms with E-state index in [0.717, 1.165) is 11.3 Å². The number of benzene rings is 1. The van der Waals surface area contributed by atoms with Crippen LogP contribution in [-0.4, -0.2) is 25.5 Å². The predicted octanol–water partition coefficient (Wildman–Crippen LogP) is 1.93. The third-order valence-electron chi connectivity index (χ3n) is 2.56. The number of carbonyl (C=O) groups is 2. The van der Waals surface area contributed by atoms with Crippen molar-refractivity contribution in [2.24, 2.45) is 5.41 Å². The van der Waals surface area contributed by atoms with Crippen molar-refractivity contribution in [2.45, 2.75) is 27.4 Å². The van der Waals surface area contributed by atoms with Crippen LogP contribution >= 0.6 is 0 Å². The summed E-state index contributed by atoms with van der Waals surface area (Å²) in [7, 11) is 1.71. The lowest BCUT2D eigenvalue weighted by atomic mass is 9.97. The molecular formula is C15H22N2O3. The Morgan fingerprint density at radius 3 is 2.25 bits per heavy atom. The first-order valence-corrected chi connectivity index (χ1v) is 6.53. The maximum atomic E-state index is 11.6. The van der Waals surface area contributed by atoms with Crippen molar-refractivity contribution in [3.05, 3.63) is 29.8 Å². The van der Waals surface area contributed by atoms with E-state index in [4.69, 9.17) is 4.74 Å². The molecule has 0 bridgehead atoms. The first kappa shape index (κ1) is 16.2. The van der Waals surface area contributed by atoms with Crippen LogP contribution < -0.4 is 10.6 Å². The molecule has 5 nitrogen and oxygen atoms in total. The lowest BCUT2D eigenvalue weighted by Gasteiger charge is -2.16. The summed E-state index contributed by atoms with van der Waals surface area (Å²) in [5.74, 6) is -0.330. The zero-order chi connectivity index (χ0) is 15.2. The maximum absolute atomic E-state index is 11.6. The third-order valence-corrected chi connectivity index (χ3v) is 2.56. The second kappa shape index (κ2) is 7.05. The molecule has 0 heterocycles. The molecule has 1 aromatic rings. The van der Waals surface area contributed by atoms with Gasteiger partial charge in [-0.1, -0.05) is 12.1 Å². The number of hydrogen-bond acceptors (Lipinski definition) is 4. The van der Waals surface area contributed by atoms with Crippen LogP contribution in [0.4, 0.5) is 5.69 Å². The molecule has 0 saturated heterocycles. The molecule has 2 N–H and O–H groups in total. The van der Waals surface area contributed by atoms with Crippen molar-refractivity contribution in [3.63, 3.8) is 0 Å². The summed E-state index contributed by atoms with van der Waals surface area (Å²) < 4.78 is 5.22. The van der Waals surface area contributed by atoms with Crippen LogP contribution in [0.2, 0.25) is 0 Å². The van der Waals surface area contributed by atoms with Crippen LogP contribution in [0, 0.1) is 5.41 Å². The largest absolute Gasteiger partial charge is 0.460 e. The van der Waals surface area contributed by atoms with Gasteiger partial charge in [0, 0.05) is 5.69 Å². The molecule has 1 rings (SSSR count). The van der Waals surface area contributed by atoms with Gasteiger partial charge in [0.1, 0.15) is 6.61 Å². The summed E-state index contributed by atoms with van der Waals surface area (Å²) in [6.45, 7) is 5.95. The second-order valence-corrected chi connectivity index (χ2v) is 5.60. The summed E-state index contributed by atoms with van der Waals surface area (Å²) >= 11 is 0. The molecule has 0 saturated carbocycles. The van der Waals surface area contributed by atoms with Crippen LogP contribution in [0.25, 0.3) is 0 Å². The highest BCUT2D eigenvalue weighted by Crippen LogP contribution is 2.17. The van der Waals surface area contributed by atoms with E-state index < -0.39 is 5.41 Å². The topological polar surface area (TPSA) is 67.4 Å². The van der Waals surface area contributed by atoms with E-state index in [1.807, 2.05) is 32.9 Å². The number of ether oxygens (including phenoxy) is 1. The van der Waals surface area contributed by atoms with Crippen LogP contribution in [0.15, 0.2) is 24.3 Å². The molecule has 0 spiro atoms. The SMILES string of the molecule is CNCC(=O)Nc1ccc(COC(=O)C(C)(C)C)cc1. The predicted molar refractivity (Wildman–Crippen MR) is 78.2 cm³/mol. The van der Waals surface area contributed by atoms with Gasteiger partial charge in [-0.2, -0.15) is 0 Å². The summed E-state index contributed by atoms with van der Waals surface area (Å²) in [4.78, 5) is 23.0. The van der Waals surface area contributed by atoms with Crippen LogP contribution in [0.1, 0.15) is 26.3 Å². The molecule has 0 unspecified atom stereocenters. The summed E-state index contributed by atoms with van der Waals surface area (Å²) in [6, 6.07) is 7.22. The highest BCUT2D eigenvalue weighted by atomic mass is 16.5. The van der Waals surface area contributed by atoms with E-state index >= 15 is 0 Å². The van der Waals surface area contributed by atoms with E-state index in [1.54, 1.807) is 19.2 Å². The molecule has 0 aliphatic rings. The molecule has 1 amide bonds. The fourth-order valence-electron chi connectivity index (χ4n) is 1.42. The lowest BCUT2D eigenvalue weighted by molar-refractivity contribution is -0.154. The average molecular weight is 278 g/mol. The Kier molecular flexibility index (Phi) is 5.70. The number of esters is 1. The molecule has 20 heavy (non-hydrogen) atoms. The Balaban J connectivity index is 2.51. The van der Waals surface area contributed by atoms with E-state index in [-0.39, 0.29) is 25.0 Å². The van der Waals surface area contributed by atoms with Gasteiger partial charge in [-0.05, 0) is 45.5 Å². The van der Waals surface area contributed by atoms with Crippen molar-refractivity contribution in [2.75, 3.05) is 18.9 Å². The van der Waals surface area contributed by atoms with Crippen LogP contribution in [0.5, 0.6) is 0 Å². The molecule has 0 fully saturated rings. The quantitative estimate of drug-likeness (QED) is 0.808. The molecule has 0 aliphatic carbocycles. The normalized spacial score (nSPS) is 11.0. The number of hydrogen-bond donors (Lipinski definition) is 2. The molecule has 0 aromatic heterocycles. The molecule has 110 valence electrons. The number of likely N-dealkylation sites (N-methyl/N-ethyl adjacent to an activating group) is 1. The van der Waals surface area contributed by atoms with Gasteiger partial charge in [0.25, 0.3) is 0 Å². The van der Waals surface area contributed by atoms with Crippen LogP contribution in [0.3, 0.4) is 0 Å². The van der Waals surface area contributed by atoms with Gasteiger partial charge in [-0.25, -0.2) is 0 Å². The van der Waals surface area contributed by atoms with E-state index in [2.05, 4.69) is 10.6 Å². The highest BCUT2D eigenvalue weighted by Gasteiger charge is 2.22. The van der Waals surface area contributed by atoms with Gasteiger partial charge in [0.05, 0.1) is 12.0 Å². The van der Waals surface area contributed by atoms with Gasteiger partial charge in [0.15, 0.2) is 0 Å². The third kappa shape index (κ3) is 5.40. The summed E-state index contributed by atoms with van der Waals surface area (Å²) in [5.41, 5.74) is 1.10. The summed E-state index contributed by atoms with van der Waals surface area (Å²) in [6.07, 6.45) is 0. The molecule has 0 radical (unpaired) electrons. The number of carbonyl (C=O) groups excluding carboxylic acids is 2. The number of anilines is 1. The Bertz CT molecular complexity index is 461. The van der Waals surface area contributed by atoms with Crippen molar-refractivity contribution in [1.82, 2.24) is 5.32 Å². The minimum absolute atomic E-state index is 0.0978. The molecule has 5 heteroatoms. The van der Waals surface area contributed by atoms with Crippen molar-refractivity contribution >= 4 is 17.6 Å². The lowest BCUT2D eigenvalue weighted by Crippen LogP contribution is -2.25. The smallest absolute Gasteiger partial charge is 0.311 e. The first-order chi connectivity index (χ1) is 9.32. The van der Waals surface area contributed by atoms with E-state index in [9.17, 15) is 9.59 Å². The summed E-state index contributed by atoms with van der Waals surface area (Å²) in [5, 5.41) is 5.53. The van der Waals surface area contributed by atoms with Crippen LogP contribution in [-0.2, 0) is 20.9 Å². The van der Waals surface area contributed by atoms with Gasteiger partial charge >= 0.3 is 5.97 Å². The number of amides is 1. The zero-order valence-corrected chi connectivity index (χ0v) is 12.4. The Morgan fingerprint density at radius 1 is 1.15 bits per heavy atom. The molecular weight excluding hydrogens is 256 g/mol. The fraction of sp³-hybridized carbons (Fsp3) is 0.467. The van der Waals surface area contributed by atoms with Crippen molar-refractivity contribution in [3.8, 4) is 0 Å². The van der Waals surface area contributed by atoms with Crippen molar-refractivity contribution < 1.29 is 14.3 Å². The standard InChI is InChI=1S/C15H22N2O3/c1-15(2,3)14(19)20-10-11-5-7-12(8-6-11)17-13(18)9-16-4/h5-8,16H,9-10H2,1-4H3,(H,17,18). The van der Waals surface area contributed by atoms with Gasteiger partial charge in [-0.15, -0.1) is 0 Å². The Hall–Kier alpha value is -1.88. The minimum atomic E-state index is -0.499. The maximum Gasteiger partial charge on any atom is 0.311 e. The molecule has 0 aliphatic heterocycles. The van der Waals surface area contributed by atoms with Gasteiger partial charge in [-0.3, -0.25) is 9.59 Å². The molecule has 0 atom stereocenters. The Labute approximate surface area is 119 Å². The average Bonchev–Trinajstić information content (AvgIpc) is 2.36. The fourth-order valence-corrected chi connectivity index (χ4v) is 1.42.